The highest BCUT2D eigenvalue weighted by molar-refractivity contribution is 5.97. The summed E-state index contributed by atoms with van der Waals surface area (Å²) in [6, 6.07) is 5.79. The molecule has 0 unspecified atom stereocenters. The number of amides is 1. The minimum atomic E-state index is -0.797. The lowest BCUT2D eigenvalue weighted by Crippen LogP contribution is -2.45. The van der Waals surface area contributed by atoms with Crippen molar-refractivity contribution in [3.8, 4) is 0 Å². The molecule has 2 N–H and O–H groups in total. The third-order valence-corrected chi connectivity index (χ3v) is 7.79. The number of carbonyl (C=O) groups excluding carboxylic acids is 2. The molecule has 5 atom stereocenters. The van der Waals surface area contributed by atoms with E-state index in [1.54, 1.807) is 13.0 Å². The number of nitrogens with one attached hydrogen (secondary N) is 2. The van der Waals surface area contributed by atoms with Gasteiger partial charge in [-0.25, -0.2) is 4.79 Å². The highest BCUT2D eigenvalue weighted by Crippen LogP contribution is 2.49. The molecule has 0 spiro atoms. The van der Waals surface area contributed by atoms with Gasteiger partial charge in [-0.3, -0.25) is 4.79 Å². The standard InChI is InChI=1S/C25H32N2O3/c1-14(20-12-16-7-8-17(20)11-16)26-24(28)15(2)30-25(29)18-9-10-23-21(13-18)19-5-3-4-6-22(19)27-23/h9-10,13-17,20,27H,3-8,11-12H2,1-2H3,(H,26,28)/t14-,15-,16-,17-,20-/m0/s1. The Kier molecular flexibility index (Phi) is 5.08. The van der Waals surface area contributed by atoms with E-state index in [4.69, 9.17) is 4.74 Å². The number of aromatic amines is 1. The number of H-pyrrole nitrogens is 1. The van der Waals surface area contributed by atoms with E-state index in [1.807, 2.05) is 12.1 Å². The first-order valence-electron chi connectivity index (χ1n) is 11.6. The Morgan fingerprint density at radius 1 is 1.13 bits per heavy atom. The average molecular weight is 409 g/mol. The van der Waals surface area contributed by atoms with E-state index >= 15 is 0 Å². The van der Waals surface area contributed by atoms with Crippen LogP contribution < -0.4 is 5.32 Å². The minimum Gasteiger partial charge on any atom is -0.449 e. The van der Waals surface area contributed by atoms with Gasteiger partial charge in [0.2, 0.25) is 0 Å². The van der Waals surface area contributed by atoms with E-state index in [0.29, 0.717) is 11.5 Å². The van der Waals surface area contributed by atoms with Crippen LogP contribution in [0.3, 0.4) is 0 Å². The molecule has 1 amide bonds. The summed E-state index contributed by atoms with van der Waals surface area (Å²) in [5.41, 5.74) is 4.21. The monoisotopic (exact) mass is 408 g/mol. The molecule has 160 valence electrons. The SMILES string of the molecule is C[C@H](OC(=O)c1ccc2[nH]c3c(c2c1)CCCC3)C(=O)N[C@@H](C)[C@@H]1C[C@H]2CC[C@H]1C2. The van der Waals surface area contributed by atoms with Crippen LogP contribution in [-0.4, -0.2) is 29.0 Å². The van der Waals surface area contributed by atoms with E-state index in [9.17, 15) is 9.59 Å². The highest BCUT2D eigenvalue weighted by atomic mass is 16.5. The number of benzene rings is 1. The summed E-state index contributed by atoms with van der Waals surface area (Å²) in [4.78, 5) is 28.9. The molecule has 0 aliphatic heterocycles. The quantitative estimate of drug-likeness (QED) is 0.714. The van der Waals surface area contributed by atoms with Crippen LogP contribution in [0.15, 0.2) is 18.2 Å². The van der Waals surface area contributed by atoms with Gasteiger partial charge in [-0.2, -0.15) is 0 Å². The molecule has 2 fully saturated rings. The highest BCUT2D eigenvalue weighted by Gasteiger charge is 2.42. The van der Waals surface area contributed by atoms with Gasteiger partial charge in [0.05, 0.1) is 5.56 Å². The zero-order valence-corrected chi connectivity index (χ0v) is 18.0. The van der Waals surface area contributed by atoms with Crippen LogP contribution in [0.4, 0.5) is 0 Å². The summed E-state index contributed by atoms with van der Waals surface area (Å²) in [7, 11) is 0. The number of hydrogen-bond donors (Lipinski definition) is 2. The molecule has 2 saturated carbocycles. The van der Waals surface area contributed by atoms with Crippen molar-refractivity contribution in [2.45, 2.75) is 77.4 Å². The molecule has 1 aromatic heterocycles. The molecule has 0 saturated heterocycles. The van der Waals surface area contributed by atoms with Crippen molar-refractivity contribution in [3.63, 3.8) is 0 Å². The summed E-state index contributed by atoms with van der Waals surface area (Å²) in [6.45, 7) is 3.76. The molecular weight excluding hydrogens is 376 g/mol. The second kappa shape index (κ2) is 7.75. The molecule has 5 nitrogen and oxygen atoms in total. The Bertz CT molecular complexity index is 978. The van der Waals surface area contributed by atoms with E-state index in [0.717, 1.165) is 35.6 Å². The number of fused-ring (bicyclic) bond motifs is 5. The van der Waals surface area contributed by atoms with Crippen molar-refractivity contribution in [3.05, 3.63) is 35.0 Å². The molecule has 30 heavy (non-hydrogen) atoms. The molecule has 3 aliphatic rings. The number of hydrogen-bond acceptors (Lipinski definition) is 3. The third kappa shape index (κ3) is 3.52. The lowest BCUT2D eigenvalue weighted by Gasteiger charge is -2.29. The Balaban J connectivity index is 1.22. The van der Waals surface area contributed by atoms with E-state index < -0.39 is 12.1 Å². The van der Waals surface area contributed by atoms with E-state index in [-0.39, 0.29) is 11.9 Å². The van der Waals surface area contributed by atoms with Gasteiger partial charge in [-0.1, -0.05) is 6.42 Å². The van der Waals surface area contributed by atoms with E-state index in [2.05, 4.69) is 17.2 Å². The van der Waals surface area contributed by atoms with Crippen LogP contribution in [0.5, 0.6) is 0 Å². The van der Waals surface area contributed by atoms with Crippen molar-refractivity contribution in [2.75, 3.05) is 0 Å². The first-order chi connectivity index (χ1) is 14.5. The topological polar surface area (TPSA) is 71.2 Å². The van der Waals surface area contributed by atoms with Crippen molar-refractivity contribution >= 4 is 22.8 Å². The fourth-order valence-electron chi connectivity index (χ4n) is 6.17. The predicted molar refractivity (Wildman–Crippen MR) is 116 cm³/mol. The van der Waals surface area contributed by atoms with Crippen LogP contribution >= 0.6 is 0 Å². The van der Waals surface area contributed by atoms with Crippen LogP contribution in [-0.2, 0) is 22.4 Å². The van der Waals surface area contributed by atoms with Crippen LogP contribution in [0, 0.1) is 17.8 Å². The fraction of sp³-hybridized carbons (Fsp3) is 0.600. The zero-order chi connectivity index (χ0) is 20.8. The van der Waals surface area contributed by atoms with Crippen LogP contribution in [0.2, 0.25) is 0 Å². The maximum atomic E-state index is 12.7. The van der Waals surface area contributed by atoms with Gasteiger partial charge in [-0.15, -0.1) is 0 Å². The molecule has 3 aliphatic carbocycles. The summed E-state index contributed by atoms with van der Waals surface area (Å²) in [5.74, 6) is 1.54. The van der Waals surface area contributed by atoms with E-state index in [1.165, 1.54) is 49.8 Å². The summed E-state index contributed by atoms with van der Waals surface area (Å²) in [6.07, 6.45) is 8.91. The summed E-state index contributed by atoms with van der Waals surface area (Å²) in [5, 5.41) is 4.22. The Labute approximate surface area is 177 Å². The number of aromatic nitrogens is 1. The number of rotatable bonds is 5. The van der Waals surface area contributed by atoms with Crippen molar-refractivity contribution in [1.82, 2.24) is 10.3 Å². The average Bonchev–Trinajstić information content (AvgIpc) is 3.47. The third-order valence-electron chi connectivity index (χ3n) is 7.79. The Morgan fingerprint density at radius 2 is 1.97 bits per heavy atom. The number of esters is 1. The number of aryl methyl sites for hydroxylation is 2. The van der Waals surface area contributed by atoms with Crippen LogP contribution in [0.1, 0.15) is 74.0 Å². The maximum absolute atomic E-state index is 12.7. The summed E-state index contributed by atoms with van der Waals surface area (Å²) >= 11 is 0. The van der Waals surface area contributed by atoms with Gasteiger partial charge in [0.25, 0.3) is 5.91 Å². The molecule has 1 aromatic carbocycles. The number of ether oxygens (including phenoxy) is 1. The largest absolute Gasteiger partial charge is 0.449 e. The van der Waals surface area contributed by atoms with Gasteiger partial charge in [0, 0.05) is 22.6 Å². The molecule has 5 rings (SSSR count). The molecular formula is C25H32N2O3. The van der Waals surface area contributed by atoms with Crippen molar-refractivity contribution < 1.29 is 14.3 Å². The first kappa shape index (κ1) is 19.7. The first-order valence-corrected chi connectivity index (χ1v) is 11.6. The lowest BCUT2D eigenvalue weighted by atomic mass is 9.84. The van der Waals surface area contributed by atoms with Crippen molar-refractivity contribution in [1.29, 1.82) is 0 Å². The fourth-order valence-corrected chi connectivity index (χ4v) is 6.17. The minimum absolute atomic E-state index is 0.136. The molecule has 2 aromatic rings. The maximum Gasteiger partial charge on any atom is 0.338 e. The number of carbonyl (C=O) groups is 2. The molecule has 1 heterocycles. The van der Waals surface area contributed by atoms with Crippen molar-refractivity contribution in [2.24, 2.45) is 17.8 Å². The molecule has 2 bridgehead atoms. The smallest absolute Gasteiger partial charge is 0.338 e. The Hall–Kier alpha value is -2.30. The normalized spacial score (nSPS) is 26.9. The molecule has 0 radical (unpaired) electrons. The lowest BCUT2D eigenvalue weighted by molar-refractivity contribution is -0.130. The van der Waals surface area contributed by atoms with Crippen LogP contribution in [0.25, 0.3) is 10.9 Å². The van der Waals surface area contributed by atoms with Gasteiger partial charge < -0.3 is 15.0 Å². The molecule has 5 heteroatoms. The predicted octanol–water partition coefficient (Wildman–Crippen LogP) is 4.53. The van der Waals surface area contributed by atoms with Gasteiger partial charge in [-0.05, 0) is 100 Å². The van der Waals surface area contributed by atoms with Gasteiger partial charge in [0.15, 0.2) is 6.10 Å². The second-order valence-corrected chi connectivity index (χ2v) is 9.73. The Morgan fingerprint density at radius 3 is 2.73 bits per heavy atom. The summed E-state index contributed by atoms with van der Waals surface area (Å²) < 4.78 is 5.53. The second-order valence-electron chi connectivity index (χ2n) is 9.73. The van der Waals surface area contributed by atoms with Gasteiger partial charge >= 0.3 is 5.97 Å². The zero-order valence-electron chi connectivity index (χ0n) is 18.0. The van der Waals surface area contributed by atoms with Gasteiger partial charge in [0.1, 0.15) is 0 Å².